The molecule has 1 fully saturated rings. The van der Waals surface area contributed by atoms with Gasteiger partial charge in [-0.2, -0.15) is 5.26 Å². The summed E-state index contributed by atoms with van der Waals surface area (Å²) in [6.45, 7) is 5.06. The molecule has 1 aromatic rings. The van der Waals surface area contributed by atoms with E-state index >= 15 is 0 Å². The Kier molecular flexibility index (Phi) is 4.59. The molecular weight excluding hydrogens is 256 g/mol. The molecule has 0 spiro atoms. The zero-order valence-electron chi connectivity index (χ0n) is 11.7. The predicted molar refractivity (Wildman–Crippen MR) is 73.2 cm³/mol. The van der Waals surface area contributed by atoms with Gasteiger partial charge in [-0.25, -0.2) is 0 Å². The fraction of sp³-hybridized carbons (Fsp3) is 0.467. The Labute approximate surface area is 118 Å². The first-order valence-electron chi connectivity index (χ1n) is 6.64. The van der Waals surface area contributed by atoms with Crippen LogP contribution in [0.5, 0.6) is 5.75 Å². The first-order valence-corrected chi connectivity index (χ1v) is 6.64. The van der Waals surface area contributed by atoms with Crippen LogP contribution in [0, 0.1) is 11.3 Å². The smallest absolute Gasteiger partial charge is 0.260 e. The number of morpholine rings is 1. The molecule has 0 aliphatic carbocycles. The molecule has 0 unspecified atom stereocenters. The Hall–Kier alpha value is -2.06. The lowest BCUT2D eigenvalue weighted by molar-refractivity contribution is -0.145. The first kappa shape index (κ1) is 14.4. The number of hydrogen-bond acceptors (Lipinski definition) is 4. The Morgan fingerprint density at radius 3 is 2.80 bits per heavy atom. The topological polar surface area (TPSA) is 62.6 Å². The van der Waals surface area contributed by atoms with Crippen LogP contribution in [0.4, 0.5) is 0 Å². The molecule has 1 heterocycles. The molecule has 5 heteroatoms. The van der Waals surface area contributed by atoms with E-state index in [1.54, 1.807) is 29.2 Å². The second kappa shape index (κ2) is 6.40. The van der Waals surface area contributed by atoms with Crippen LogP contribution in [0.3, 0.4) is 0 Å². The molecule has 1 amide bonds. The molecule has 1 saturated heterocycles. The standard InChI is InChI=1S/C15H18N2O3/c1-11-8-17(9-12(2)20-11)15(18)10-19-14-5-3-4-13(6-14)7-16/h3-6,11-12H,8-10H2,1-2H3/t11-,12-/m1/s1. The van der Waals surface area contributed by atoms with Crippen molar-refractivity contribution in [3.05, 3.63) is 29.8 Å². The number of carbonyl (C=O) groups excluding carboxylic acids is 1. The van der Waals surface area contributed by atoms with Crippen LogP contribution in [0.2, 0.25) is 0 Å². The van der Waals surface area contributed by atoms with Crippen LogP contribution in [0.15, 0.2) is 24.3 Å². The molecular formula is C15H18N2O3. The molecule has 1 aromatic carbocycles. The fourth-order valence-corrected chi connectivity index (χ4v) is 2.27. The largest absolute Gasteiger partial charge is 0.484 e. The van der Waals surface area contributed by atoms with Gasteiger partial charge in [-0.1, -0.05) is 6.07 Å². The van der Waals surface area contributed by atoms with Crippen LogP contribution in [-0.2, 0) is 9.53 Å². The molecule has 0 saturated carbocycles. The van der Waals surface area contributed by atoms with E-state index in [0.717, 1.165) is 0 Å². The lowest BCUT2D eigenvalue weighted by atomic mass is 10.2. The third-order valence-electron chi connectivity index (χ3n) is 3.10. The zero-order chi connectivity index (χ0) is 14.5. The predicted octanol–water partition coefficient (Wildman–Crippen LogP) is 1.57. The maximum absolute atomic E-state index is 12.1. The van der Waals surface area contributed by atoms with E-state index in [4.69, 9.17) is 14.7 Å². The quantitative estimate of drug-likeness (QED) is 0.839. The van der Waals surface area contributed by atoms with Gasteiger partial charge < -0.3 is 14.4 Å². The number of rotatable bonds is 3. The normalized spacial score (nSPS) is 22.1. The number of nitrogens with zero attached hydrogens (tertiary/aromatic N) is 2. The summed E-state index contributed by atoms with van der Waals surface area (Å²) in [6.07, 6.45) is 0.0919. The highest BCUT2D eigenvalue weighted by molar-refractivity contribution is 5.78. The number of benzene rings is 1. The van der Waals surface area contributed by atoms with E-state index in [1.807, 2.05) is 19.9 Å². The monoisotopic (exact) mass is 274 g/mol. The zero-order valence-corrected chi connectivity index (χ0v) is 11.7. The third-order valence-corrected chi connectivity index (χ3v) is 3.10. The molecule has 2 atom stereocenters. The highest BCUT2D eigenvalue weighted by atomic mass is 16.5. The summed E-state index contributed by atoms with van der Waals surface area (Å²) in [4.78, 5) is 13.9. The average molecular weight is 274 g/mol. The summed E-state index contributed by atoms with van der Waals surface area (Å²) in [5.74, 6) is 0.473. The molecule has 2 rings (SSSR count). The minimum atomic E-state index is -0.0608. The van der Waals surface area contributed by atoms with Crippen LogP contribution >= 0.6 is 0 Å². The number of carbonyl (C=O) groups is 1. The summed E-state index contributed by atoms with van der Waals surface area (Å²) in [6, 6.07) is 8.82. The summed E-state index contributed by atoms with van der Waals surface area (Å²) < 4.78 is 11.0. The molecule has 0 radical (unpaired) electrons. The SMILES string of the molecule is C[C@@H]1CN(C(=O)COc2cccc(C#N)c2)C[C@@H](C)O1. The highest BCUT2D eigenvalue weighted by Crippen LogP contribution is 2.14. The molecule has 0 aromatic heterocycles. The molecule has 20 heavy (non-hydrogen) atoms. The number of ether oxygens (including phenoxy) is 2. The lowest BCUT2D eigenvalue weighted by Crippen LogP contribution is -2.49. The van der Waals surface area contributed by atoms with Gasteiger partial charge in [0.2, 0.25) is 0 Å². The summed E-state index contributed by atoms with van der Waals surface area (Å²) >= 11 is 0. The Morgan fingerprint density at radius 1 is 1.45 bits per heavy atom. The van der Waals surface area contributed by atoms with Crippen LogP contribution in [0.1, 0.15) is 19.4 Å². The van der Waals surface area contributed by atoms with E-state index in [1.165, 1.54) is 0 Å². The van der Waals surface area contributed by atoms with Gasteiger partial charge in [0.15, 0.2) is 6.61 Å². The molecule has 5 nitrogen and oxygen atoms in total. The van der Waals surface area contributed by atoms with Crippen molar-refractivity contribution in [1.29, 1.82) is 5.26 Å². The van der Waals surface area contributed by atoms with E-state index in [9.17, 15) is 4.79 Å². The van der Waals surface area contributed by atoms with Crippen molar-refractivity contribution in [2.75, 3.05) is 19.7 Å². The van der Waals surface area contributed by atoms with Crippen molar-refractivity contribution in [2.24, 2.45) is 0 Å². The Morgan fingerprint density at radius 2 is 2.15 bits per heavy atom. The van der Waals surface area contributed by atoms with Crippen LogP contribution in [0.25, 0.3) is 0 Å². The van der Waals surface area contributed by atoms with Crippen molar-refractivity contribution < 1.29 is 14.3 Å². The van der Waals surface area contributed by atoms with Gasteiger partial charge >= 0.3 is 0 Å². The van der Waals surface area contributed by atoms with E-state index in [0.29, 0.717) is 24.4 Å². The number of nitriles is 1. The van der Waals surface area contributed by atoms with Crippen LogP contribution < -0.4 is 4.74 Å². The van der Waals surface area contributed by atoms with Crippen molar-refractivity contribution in [1.82, 2.24) is 4.90 Å². The first-order chi connectivity index (χ1) is 9.58. The summed E-state index contributed by atoms with van der Waals surface area (Å²) in [5.41, 5.74) is 0.517. The Balaban J connectivity index is 1.90. The number of amides is 1. The van der Waals surface area contributed by atoms with Gasteiger partial charge in [0, 0.05) is 13.1 Å². The van der Waals surface area contributed by atoms with Crippen molar-refractivity contribution in [2.45, 2.75) is 26.1 Å². The molecule has 1 aliphatic heterocycles. The van der Waals surface area contributed by atoms with E-state index in [-0.39, 0.29) is 24.7 Å². The van der Waals surface area contributed by atoms with Crippen molar-refractivity contribution in [3.63, 3.8) is 0 Å². The minimum absolute atomic E-state index is 0.0195. The van der Waals surface area contributed by atoms with Crippen molar-refractivity contribution >= 4 is 5.91 Å². The fourth-order valence-electron chi connectivity index (χ4n) is 2.27. The van der Waals surface area contributed by atoms with Gasteiger partial charge in [0.25, 0.3) is 5.91 Å². The highest BCUT2D eigenvalue weighted by Gasteiger charge is 2.25. The van der Waals surface area contributed by atoms with Gasteiger partial charge in [0.05, 0.1) is 23.8 Å². The van der Waals surface area contributed by atoms with Gasteiger partial charge in [0.1, 0.15) is 5.75 Å². The molecule has 106 valence electrons. The van der Waals surface area contributed by atoms with E-state index < -0.39 is 0 Å². The molecule has 0 bridgehead atoms. The van der Waals surface area contributed by atoms with Gasteiger partial charge in [-0.05, 0) is 32.0 Å². The summed E-state index contributed by atoms with van der Waals surface area (Å²) in [5, 5.41) is 8.81. The second-order valence-electron chi connectivity index (χ2n) is 4.98. The number of hydrogen-bond donors (Lipinski definition) is 0. The second-order valence-corrected chi connectivity index (χ2v) is 4.98. The maximum atomic E-state index is 12.1. The van der Waals surface area contributed by atoms with Crippen LogP contribution in [-0.4, -0.2) is 42.7 Å². The molecule has 0 N–H and O–H groups in total. The Bertz CT molecular complexity index is 514. The lowest BCUT2D eigenvalue weighted by Gasteiger charge is -2.35. The van der Waals surface area contributed by atoms with Gasteiger partial charge in [-0.15, -0.1) is 0 Å². The van der Waals surface area contributed by atoms with Crippen molar-refractivity contribution in [3.8, 4) is 11.8 Å². The third kappa shape index (κ3) is 3.72. The van der Waals surface area contributed by atoms with E-state index in [2.05, 4.69) is 0 Å². The minimum Gasteiger partial charge on any atom is -0.484 e. The summed E-state index contributed by atoms with van der Waals surface area (Å²) in [7, 11) is 0. The van der Waals surface area contributed by atoms with Gasteiger partial charge in [-0.3, -0.25) is 4.79 Å². The maximum Gasteiger partial charge on any atom is 0.260 e. The average Bonchev–Trinajstić information content (AvgIpc) is 2.44. The molecule has 1 aliphatic rings.